The summed E-state index contributed by atoms with van der Waals surface area (Å²) in [6.45, 7) is -0.0197. The zero-order valence-corrected chi connectivity index (χ0v) is 11.1. The smallest absolute Gasteiger partial charge is 0.399 e. The number of anilines is 2. The Morgan fingerprint density at radius 2 is 2.05 bits per heavy atom. The highest BCUT2D eigenvalue weighted by atomic mass is 35.5. The van der Waals surface area contributed by atoms with Gasteiger partial charge >= 0.3 is 5.51 Å². The van der Waals surface area contributed by atoms with Crippen LogP contribution in [0.3, 0.4) is 0 Å². The molecule has 1 amide bonds. The van der Waals surface area contributed by atoms with E-state index < -0.39 is 11.4 Å². The Bertz CT molecular complexity index is 482. The molecule has 5 N–H and O–H groups in total. The fraction of sp³-hybridized carbons (Fsp3) is 0.300. The van der Waals surface area contributed by atoms with E-state index >= 15 is 0 Å². The molecular weight excluding hydrogens is 303 g/mol. The predicted molar refractivity (Wildman–Crippen MR) is 71.4 cm³/mol. The van der Waals surface area contributed by atoms with Crippen molar-refractivity contribution >= 4 is 40.6 Å². The number of nitrogens with one attached hydrogen (secondary N) is 1. The highest BCUT2D eigenvalue weighted by Gasteiger charge is 2.27. The average molecular weight is 314 g/mol. The summed E-state index contributed by atoms with van der Waals surface area (Å²) in [6, 6.07) is 2.70. The molecule has 0 bridgehead atoms. The van der Waals surface area contributed by atoms with Gasteiger partial charge in [-0.15, -0.1) is 0 Å². The molecule has 106 valence electrons. The van der Waals surface area contributed by atoms with Crippen LogP contribution in [0.4, 0.5) is 24.5 Å². The van der Waals surface area contributed by atoms with Gasteiger partial charge in [0.2, 0.25) is 0 Å². The summed E-state index contributed by atoms with van der Waals surface area (Å²) < 4.78 is 35.8. The van der Waals surface area contributed by atoms with Crippen LogP contribution in [-0.2, 0) is 0 Å². The van der Waals surface area contributed by atoms with Crippen molar-refractivity contribution in [2.24, 2.45) is 5.73 Å². The molecule has 0 heterocycles. The third kappa shape index (κ3) is 5.07. The van der Waals surface area contributed by atoms with Gasteiger partial charge in [-0.05, 0) is 23.9 Å². The van der Waals surface area contributed by atoms with Crippen molar-refractivity contribution in [1.82, 2.24) is 0 Å². The van der Waals surface area contributed by atoms with Gasteiger partial charge in [0, 0.05) is 18.0 Å². The number of carbonyl (C=O) groups excluding carboxylic acids is 1. The number of carbonyl (C=O) groups is 1. The van der Waals surface area contributed by atoms with E-state index in [4.69, 9.17) is 23.1 Å². The molecule has 9 heteroatoms. The SMILES string of the molecule is NC(=O)c1cc(N)cc(Cl)c1NCCSC(F)(F)F. The maximum atomic E-state index is 11.9. The number of nitrogen functional groups attached to an aromatic ring is 1. The highest BCUT2D eigenvalue weighted by molar-refractivity contribution is 8.00. The summed E-state index contributed by atoms with van der Waals surface area (Å²) in [5.41, 5.74) is 6.83. The molecule has 0 aliphatic carbocycles. The summed E-state index contributed by atoms with van der Waals surface area (Å²) in [5, 5.41) is 2.78. The second-order valence-electron chi connectivity index (χ2n) is 3.51. The van der Waals surface area contributed by atoms with Gasteiger partial charge in [-0.25, -0.2) is 0 Å². The van der Waals surface area contributed by atoms with Crippen molar-refractivity contribution in [2.45, 2.75) is 5.51 Å². The molecule has 4 nitrogen and oxygen atoms in total. The fourth-order valence-electron chi connectivity index (χ4n) is 1.34. The van der Waals surface area contributed by atoms with Crippen molar-refractivity contribution in [3.05, 3.63) is 22.7 Å². The topological polar surface area (TPSA) is 81.1 Å². The summed E-state index contributed by atoms with van der Waals surface area (Å²) in [4.78, 5) is 11.2. The molecule has 1 aromatic rings. The first kappa shape index (κ1) is 15.8. The zero-order valence-electron chi connectivity index (χ0n) is 9.55. The molecule has 1 aromatic carbocycles. The van der Waals surface area contributed by atoms with Gasteiger partial charge in [0.05, 0.1) is 16.3 Å². The molecule has 0 spiro atoms. The minimum atomic E-state index is -4.29. The maximum Gasteiger partial charge on any atom is 0.441 e. The summed E-state index contributed by atoms with van der Waals surface area (Å²) >= 11 is 5.70. The number of thioether (sulfide) groups is 1. The second-order valence-corrected chi connectivity index (χ2v) is 5.08. The number of primary amides is 1. The standard InChI is InChI=1S/C10H11ClF3N3OS/c11-7-4-5(15)3-6(9(16)18)8(7)17-1-2-19-10(12,13)14/h3-4,17H,1-2,15H2,(H2,16,18). The van der Waals surface area contributed by atoms with Crippen LogP contribution >= 0.6 is 23.4 Å². The molecule has 0 saturated carbocycles. The Kier molecular flexibility index (Phi) is 5.19. The van der Waals surface area contributed by atoms with Crippen LogP contribution in [0.1, 0.15) is 10.4 Å². The fourth-order valence-corrected chi connectivity index (χ4v) is 2.07. The average Bonchev–Trinajstić information content (AvgIpc) is 2.24. The van der Waals surface area contributed by atoms with Gasteiger partial charge in [0.15, 0.2) is 0 Å². The van der Waals surface area contributed by atoms with Crippen molar-refractivity contribution in [3.8, 4) is 0 Å². The Labute approximate surface area is 116 Å². The van der Waals surface area contributed by atoms with E-state index in [2.05, 4.69) is 5.32 Å². The van der Waals surface area contributed by atoms with Crippen LogP contribution in [-0.4, -0.2) is 23.7 Å². The lowest BCUT2D eigenvalue weighted by molar-refractivity contribution is -0.0327. The molecule has 0 aromatic heterocycles. The third-order valence-electron chi connectivity index (χ3n) is 2.05. The Hall–Kier alpha value is -1.28. The number of hydrogen-bond donors (Lipinski definition) is 3. The van der Waals surface area contributed by atoms with Crippen LogP contribution in [0.5, 0.6) is 0 Å². The van der Waals surface area contributed by atoms with Crippen LogP contribution in [0.25, 0.3) is 0 Å². The highest BCUT2D eigenvalue weighted by Crippen LogP contribution is 2.31. The van der Waals surface area contributed by atoms with Gasteiger partial charge in [-0.2, -0.15) is 13.2 Å². The van der Waals surface area contributed by atoms with Crippen molar-refractivity contribution in [1.29, 1.82) is 0 Å². The van der Waals surface area contributed by atoms with E-state index in [1.54, 1.807) is 0 Å². The lowest BCUT2D eigenvalue weighted by Gasteiger charge is -2.13. The number of amides is 1. The first-order chi connectivity index (χ1) is 8.70. The molecule has 0 radical (unpaired) electrons. The zero-order chi connectivity index (χ0) is 14.6. The van der Waals surface area contributed by atoms with E-state index in [-0.39, 0.29) is 46.0 Å². The second kappa shape index (κ2) is 6.25. The summed E-state index contributed by atoms with van der Waals surface area (Å²) in [6.07, 6.45) is 0. The van der Waals surface area contributed by atoms with E-state index in [1.165, 1.54) is 12.1 Å². The normalized spacial score (nSPS) is 11.4. The molecular formula is C10H11ClF3N3OS. The van der Waals surface area contributed by atoms with Gasteiger partial charge in [-0.3, -0.25) is 4.79 Å². The van der Waals surface area contributed by atoms with E-state index in [9.17, 15) is 18.0 Å². The molecule has 0 saturated heterocycles. The summed E-state index contributed by atoms with van der Waals surface area (Å²) in [5.74, 6) is -0.984. The Balaban J connectivity index is 2.75. The van der Waals surface area contributed by atoms with Crippen molar-refractivity contribution in [3.63, 3.8) is 0 Å². The van der Waals surface area contributed by atoms with E-state index in [1.807, 2.05) is 0 Å². The molecule has 0 aliphatic heterocycles. The molecule has 0 atom stereocenters. The Morgan fingerprint density at radius 3 is 2.58 bits per heavy atom. The first-order valence-corrected chi connectivity index (χ1v) is 6.40. The van der Waals surface area contributed by atoms with Gasteiger partial charge in [-0.1, -0.05) is 11.6 Å². The number of benzene rings is 1. The Morgan fingerprint density at radius 1 is 1.42 bits per heavy atom. The first-order valence-electron chi connectivity index (χ1n) is 5.04. The van der Waals surface area contributed by atoms with Crippen molar-refractivity contribution in [2.75, 3.05) is 23.3 Å². The quantitative estimate of drug-likeness (QED) is 0.576. The number of alkyl halides is 3. The largest absolute Gasteiger partial charge is 0.441 e. The summed E-state index contributed by atoms with van der Waals surface area (Å²) in [7, 11) is 0. The minimum absolute atomic E-state index is 0.0197. The van der Waals surface area contributed by atoms with Crippen LogP contribution in [0.15, 0.2) is 12.1 Å². The van der Waals surface area contributed by atoms with E-state index in [0.717, 1.165) is 0 Å². The number of rotatable bonds is 5. The van der Waals surface area contributed by atoms with Crippen LogP contribution in [0, 0.1) is 0 Å². The van der Waals surface area contributed by atoms with Gasteiger partial charge < -0.3 is 16.8 Å². The molecule has 0 aliphatic rings. The number of hydrogen-bond acceptors (Lipinski definition) is 4. The van der Waals surface area contributed by atoms with E-state index in [0.29, 0.717) is 0 Å². The number of nitrogens with two attached hydrogens (primary N) is 2. The minimum Gasteiger partial charge on any atom is -0.399 e. The van der Waals surface area contributed by atoms with Crippen molar-refractivity contribution < 1.29 is 18.0 Å². The molecule has 0 fully saturated rings. The number of halogens is 4. The lowest BCUT2D eigenvalue weighted by atomic mass is 10.1. The lowest BCUT2D eigenvalue weighted by Crippen LogP contribution is -2.17. The van der Waals surface area contributed by atoms with Gasteiger partial charge in [0.25, 0.3) is 5.91 Å². The monoisotopic (exact) mass is 313 g/mol. The molecule has 0 unspecified atom stereocenters. The predicted octanol–water partition coefficient (Wildman–Crippen LogP) is 2.69. The maximum absolute atomic E-state index is 11.9. The molecule has 19 heavy (non-hydrogen) atoms. The molecule has 1 rings (SSSR count). The van der Waals surface area contributed by atoms with Crippen LogP contribution < -0.4 is 16.8 Å². The third-order valence-corrected chi connectivity index (χ3v) is 3.08. The van der Waals surface area contributed by atoms with Gasteiger partial charge in [0.1, 0.15) is 0 Å². The van der Waals surface area contributed by atoms with Crippen LogP contribution in [0.2, 0.25) is 5.02 Å².